The standard InChI is InChI=1S/C18H22N4O3/c1-5-6-7-19-17(23)14-9-22-10-15(13-8-11(2)25-12(13)3)21(4)18(24)16(22)20-14/h8-10H,5-7H2,1-4H3,(H,19,23). The van der Waals surface area contributed by atoms with Gasteiger partial charge in [0.05, 0.1) is 5.69 Å². The molecule has 0 saturated heterocycles. The normalized spacial score (nSPS) is 11.2. The van der Waals surface area contributed by atoms with E-state index in [0.717, 1.165) is 29.9 Å². The number of carbonyl (C=O) groups excluding carboxylic acids is 1. The highest BCUT2D eigenvalue weighted by atomic mass is 16.3. The summed E-state index contributed by atoms with van der Waals surface area (Å²) in [6, 6.07) is 1.89. The Hall–Kier alpha value is -2.83. The number of rotatable bonds is 5. The first-order valence-electron chi connectivity index (χ1n) is 8.36. The van der Waals surface area contributed by atoms with Crippen molar-refractivity contribution in [1.82, 2.24) is 19.3 Å². The molecule has 0 aromatic carbocycles. The first-order valence-corrected chi connectivity index (χ1v) is 8.36. The lowest BCUT2D eigenvalue weighted by Crippen LogP contribution is -2.24. The zero-order chi connectivity index (χ0) is 18.1. The fraction of sp³-hybridized carbons (Fsp3) is 0.389. The van der Waals surface area contributed by atoms with Crippen LogP contribution in [-0.4, -0.2) is 26.4 Å². The first-order chi connectivity index (χ1) is 11.9. The topological polar surface area (TPSA) is 81.5 Å². The zero-order valence-electron chi connectivity index (χ0n) is 14.9. The third-order valence-corrected chi connectivity index (χ3v) is 4.22. The van der Waals surface area contributed by atoms with Gasteiger partial charge in [0.2, 0.25) is 5.65 Å². The number of aromatic nitrogens is 3. The van der Waals surface area contributed by atoms with Crippen LogP contribution in [0.4, 0.5) is 0 Å². The molecule has 3 aromatic heterocycles. The van der Waals surface area contributed by atoms with Crippen molar-refractivity contribution in [1.29, 1.82) is 0 Å². The molecule has 0 aliphatic rings. The Morgan fingerprint density at radius 1 is 1.32 bits per heavy atom. The van der Waals surface area contributed by atoms with Crippen LogP contribution in [0.15, 0.2) is 27.7 Å². The molecule has 3 aromatic rings. The lowest BCUT2D eigenvalue weighted by atomic mass is 10.2. The van der Waals surface area contributed by atoms with Crippen molar-refractivity contribution in [2.45, 2.75) is 33.6 Å². The van der Waals surface area contributed by atoms with Crippen LogP contribution < -0.4 is 10.9 Å². The second-order valence-electron chi connectivity index (χ2n) is 6.17. The number of carbonyl (C=O) groups is 1. The Labute approximate surface area is 145 Å². The third kappa shape index (κ3) is 3.09. The van der Waals surface area contributed by atoms with Crippen molar-refractivity contribution in [2.75, 3.05) is 6.54 Å². The SMILES string of the molecule is CCCCNC(=O)c1cn2cc(-c3cc(C)oc3C)n(C)c(=O)c2n1. The van der Waals surface area contributed by atoms with Crippen LogP contribution in [0.25, 0.3) is 16.9 Å². The molecule has 0 atom stereocenters. The maximum atomic E-state index is 12.7. The average Bonchev–Trinajstić information content (AvgIpc) is 3.14. The van der Waals surface area contributed by atoms with Crippen LogP contribution in [0.5, 0.6) is 0 Å². The van der Waals surface area contributed by atoms with Crippen LogP contribution in [0.3, 0.4) is 0 Å². The van der Waals surface area contributed by atoms with Gasteiger partial charge >= 0.3 is 0 Å². The molecule has 0 fully saturated rings. The van der Waals surface area contributed by atoms with Gasteiger partial charge in [-0.05, 0) is 26.3 Å². The van der Waals surface area contributed by atoms with E-state index in [1.807, 2.05) is 19.9 Å². The summed E-state index contributed by atoms with van der Waals surface area (Å²) >= 11 is 0. The number of hydrogen-bond donors (Lipinski definition) is 1. The van der Waals surface area contributed by atoms with Crippen LogP contribution in [0, 0.1) is 13.8 Å². The van der Waals surface area contributed by atoms with E-state index >= 15 is 0 Å². The van der Waals surface area contributed by atoms with E-state index < -0.39 is 0 Å². The van der Waals surface area contributed by atoms with Gasteiger partial charge in [0.1, 0.15) is 17.2 Å². The predicted molar refractivity (Wildman–Crippen MR) is 94.9 cm³/mol. The smallest absolute Gasteiger partial charge is 0.294 e. The monoisotopic (exact) mass is 342 g/mol. The number of furan rings is 1. The van der Waals surface area contributed by atoms with Gasteiger partial charge in [0.25, 0.3) is 11.5 Å². The van der Waals surface area contributed by atoms with Crippen molar-refractivity contribution >= 4 is 11.6 Å². The number of imidazole rings is 1. The zero-order valence-corrected chi connectivity index (χ0v) is 14.9. The van der Waals surface area contributed by atoms with Gasteiger partial charge in [-0.2, -0.15) is 0 Å². The maximum absolute atomic E-state index is 12.7. The molecule has 0 unspecified atom stereocenters. The summed E-state index contributed by atoms with van der Waals surface area (Å²) < 4.78 is 8.70. The van der Waals surface area contributed by atoms with Crippen LogP contribution >= 0.6 is 0 Å². The molecule has 1 N–H and O–H groups in total. The number of hydrogen-bond acceptors (Lipinski definition) is 4. The summed E-state index contributed by atoms with van der Waals surface area (Å²) in [4.78, 5) is 29.0. The molecule has 0 saturated carbocycles. The highest BCUT2D eigenvalue weighted by molar-refractivity contribution is 5.92. The van der Waals surface area contributed by atoms with E-state index in [0.29, 0.717) is 12.2 Å². The van der Waals surface area contributed by atoms with Crippen molar-refractivity contribution in [2.24, 2.45) is 7.05 Å². The molecular formula is C18H22N4O3. The number of aryl methyl sites for hydroxylation is 2. The van der Waals surface area contributed by atoms with Crippen LogP contribution in [0.2, 0.25) is 0 Å². The minimum absolute atomic E-state index is 0.227. The first kappa shape index (κ1) is 17.0. The van der Waals surface area contributed by atoms with Gasteiger partial charge in [0, 0.05) is 31.5 Å². The molecular weight excluding hydrogens is 320 g/mol. The number of nitrogens with one attached hydrogen (secondary N) is 1. The van der Waals surface area contributed by atoms with E-state index in [9.17, 15) is 9.59 Å². The van der Waals surface area contributed by atoms with Crippen molar-refractivity contribution in [3.8, 4) is 11.3 Å². The highest BCUT2D eigenvalue weighted by Gasteiger charge is 2.17. The van der Waals surface area contributed by atoms with Crippen molar-refractivity contribution < 1.29 is 9.21 Å². The molecule has 0 spiro atoms. The summed E-state index contributed by atoms with van der Waals surface area (Å²) in [5.74, 6) is 1.25. The largest absolute Gasteiger partial charge is 0.466 e. The maximum Gasteiger partial charge on any atom is 0.294 e. The van der Waals surface area contributed by atoms with Gasteiger partial charge in [0.15, 0.2) is 0 Å². The summed E-state index contributed by atoms with van der Waals surface area (Å²) in [6.07, 6.45) is 5.29. The Bertz CT molecular complexity index is 994. The van der Waals surface area contributed by atoms with Gasteiger partial charge < -0.3 is 14.3 Å². The molecule has 1 amide bonds. The Balaban J connectivity index is 2.06. The molecule has 7 nitrogen and oxygen atoms in total. The predicted octanol–water partition coefficient (Wildman–Crippen LogP) is 2.44. The van der Waals surface area contributed by atoms with Crippen molar-refractivity contribution in [3.05, 3.63) is 46.0 Å². The number of amides is 1. The van der Waals surface area contributed by atoms with Crippen LogP contribution in [-0.2, 0) is 7.05 Å². The molecule has 3 rings (SSSR count). The number of fused-ring (bicyclic) bond motifs is 1. The quantitative estimate of drug-likeness (QED) is 0.722. The summed E-state index contributed by atoms with van der Waals surface area (Å²) in [7, 11) is 1.69. The fourth-order valence-electron chi connectivity index (χ4n) is 2.84. The third-order valence-electron chi connectivity index (χ3n) is 4.22. The van der Waals surface area contributed by atoms with E-state index in [4.69, 9.17) is 4.42 Å². The molecule has 132 valence electrons. The lowest BCUT2D eigenvalue weighted by Gasteiger charge is -2.07. The minimum Gasteiger partial charge on any atom is -0.466 e. The van der Waals surface area contributed by atoms with E-state index in [1.54, 1.807) is 23.8 Å². The van der Waals surface area contributed by atoms with E-state index in [2.05, 4.69) is 17.2 Å². The van der Waals surface area contributed by atoms with Gasteiger partial charge in [-0.1, -0.05) is 13.3 Å². The molecule has 0 bridgehead atoms. The van der Waals surface area contributed by atoms with E-state index in [-0.39, 0.29) is 22.8 Å². The molecule has 7 heteroatoms. The van der Waals surface area contributed by atoms with Gasteiger partial charge in [-0.15, -0.1) is 0 Å². The number of unbranched alkanes of at least 4 members (excludes halogenated alkanes) is 1. The summed E-state index contributed by atoms with van der Waals surface area (Å²) in [6.45, 7) is 6.38. The van der Waals surface area contributed by atoms with Gasteiger partial charge in [-0.3, -0.25) is 14.0 Å². The molecule has 0 aliphatic heterocycles. The molecule has 3 heterocycles. The van der Waals surface area contributed by atoms with Crippen molar-refractivity contribution in [3.63, 3.8) is 0 Å². The molecule has 25 heavy (non-hydrogen) atoms. The molecule has 0 radical (unpaired) electrons. The summed E-state index contributed by atoms with van der Waals surface area (Å²) in [5, 5.41) is 2.82. The second kappa shape index (κ2) is 6.58. The lowest BCUT2D eigenvalue weighted by molar-refractivity contribution is 0.0949. The van der Waals surface area contributed by atoms with Crippen LogP contribution in [0.1, 0.15) is 41.8 Å². The Morgan fingerprint density at radius 3 is 2.72 bits per heavy atom. The van der Waals surface area contributed by atoms with Gasteiger partial charge in [-0.25, -0.2) is 4.98 Å². The Morgan fingerprint density at radius 2 is 2.08 bits per heavy atom. The number of nitrogens with zero attached hydrogens (tertiary/aromatic N) is 3. The highest BCUT2D eigenvalue weighted by Crippen LogP contribution is 2.25. The summed E-state index contributed by atoms with van der Waals surface area (Å²) in [5.41, 5.74) is 1.77. The van der Waals surface area contributed by atoms with E-state index in [1.165, 1.54) is 4.57 Å². The molecule has 0 aliphatic carbocycles. The second-order valence-corrected chi connectivity index (χ2v) is 6.17. The minimum atomic E-state index is -0.268. The average molecular weight is 342 g/mol. The Kier molecular flexibility index (Phi) is 4.48. The fourth-order valence-corrected chi connectivity index (χ4v) is 2.84.